The highest BCUT2D eigenvalue weighted by atomic mass is 35.5. The molecular weight excluding hydrogens is 346 g/mol. The number of hydrogen-bond donors (Lipinski definition) is 0. The van der Waals surface area contributed by atoms with Crippen LogP contribution in [0.15, 0.2) is 54.7 Å². The van der Waals surface area contributed by atoms with E-state index in [4.69, 9.17) is 16.3 Å². The first-order valence-electron chi connectivity index (χ1n) is 7.18. The van der Waals surface area contributed by atoms with Crippen molar-refractivity contribution < 1.29 is 14.5 Å². The van der Waals surface area contributed by atoms with Crippen LogP contribution in [0.1, 0.15) is 10.4 Å². The maximum absolute atomic E-state index is 12.4. The summed E-state index contributed by atoms with van der Waals surface area (Å²) in [4.78, 5) is 22.9. The van der Waals surface area contributed by atoms with Gasteiger partial charge in [0.25, 0.3) is 11.6 Å². The zero-order valence-electron chi connectivity index (χ0n) is 13.0. The number of benzene rings is 2. The second-order valence-corrected chi connectivity index (χ2v) is 5.54. The van der Waals surface area contributed by atoms with Crippen molar-refractivity contribution in [2.45, 2.75) is 0 Å². The fraction of sp³-hybridized carbons (Fsp3) is 0.0588. The molecule has 3 rings (SSSR count). The topological polar surface area (TPSA) is 87.3 Å². The van der Waals surface area contributed by atoms with Gasteiger partial charge in [-0.2, -0.15) is 5.10 Å². The quantitative estimate of drug-likeness (QED) is 0.523. The lowest BCUT2D eigenvalue weighted by Gasteiger charge is -2.06. The van der Waals surface area contributed by atoms with Crippen molar-refractivity contribution in [3.8, 4) is 17.0 Å². The third kappa shape index (κ3) is 3.36. The summed E-state index contributed by atoms with van der Waals surface area (Å²) >= 11 is 5.82. The van der Waals surface area contributed by atoms with Crippen LogP contribution in [0.3, 0.4) is 0 Å². The van der Waals surface area contributed by atoms with E-state index in [-0.39, 0.29) is 11.6 Å². The molecule has 0 fully saturated rings. The fourth-order valence-corrected chi connectivity index (χ4v) is 2.44. The lowest BCUT2D eigenvalue weighted by Crippen LogP contribution is -2.12. The van der Waals surface area contributed by atoms with Crippen molar-refractivity contribution in [1.82, 2.24) is 9.78 Å². The average molecular weight is 358 g/mol. The van der Waals surface area contributed by atoms with Crippen molar-refractivity contribution in [2.75, 3.05) is 7.11 Å². The Morgan fingerprint density at radius 3 is 2.56 bits per heavy atom. The predicted octanol–water partition coefficient (Wildman–Crippen LogP) is 3.81. The van der Waals surface area contributed by atoms with Crippen molar-refractivity contribution >= 4 is 23.2 Å². The standard InChI is InChI=1S/C17H12ClN3O4/c1-25-16-7-6-13(21(23)24)10-14(16)15-8-9-20(19-15)17(22)11-2-4-12(18)5-3-11/h2-10H,1H3. The van der Waals surface area contributed by atoms with Gasteiger partial charge in [0, 0.05) is 28.9 Å². The largest absolute Gasteiger partial charge is 0.496 e. The first-order chi connectivity index (χ1) is 12.0. The number of rotatable bonds is 4. The van der Waals surface area contributed by atoms with E-state index in [0.29, 0.717) is 27.6 Å². The van der Waals surface area contributed by atoms with Crippen LogP contribution in [-0.4, -0.2) is 27.7 Å². The first kappa shape index (κ1) is 16.7. The summed E-state index contributed by atoms with van der Waals surface area (Å²) in [5.41, 5.74) is 1.15. The Morgan fingerprint density at radius 1 is 1.20 bits per heavy atom. The summed E-state index contributed by atoms with van der Waals surface area (Å²) in [6.45, 7) is 0. The molecule has 1 aromatic heterocycles. The number of hydrogen-bond acceptors (Lipinski definition) is 5. The number of methoxy groups -OCH3 is 1. The minimum absolute atomic E-state index is 0.0885. The van der Waals surface area contributed by atoms with Gasteiger partial charge in [-0.05, 0) is 36.4 Å². The van der Waals surface area contributed by atoms with E-state index in [1.807, 2.05) is 0 Å². The molecule has 0 spiro atoms. The van der Waals surface area contributed by atoms with Gasteiger partial charge < -0.3 is 4.74 Å². The molecule has 8 heteroatoms. The third-order valence-corrected chi connectivity index (χ3v) is 3.81. The molecule has 2 aromatic carbocycles. The summed E-state index contributed by atoms with van der Waals surface area (Å²) in [7, 11) is 1.46. The molecule has 126 valence electrons. The van der Waals surface area contributed by atoms with Crippen LogP contribution in [-0.2, 0) is 0 Å². The van der Waals surface area contributed by atoms with Crippen molar-refractivity contribution in [3.05, 3.63) is 75.4 Å². The number of nitrogens with zero attached hydrogens (tertiary/aromatic N) is 3. The summed E-state index contributed by atoms with van der Waals surface area (Å²) in [5.74, 6) is 0.0853. The first-order valence-corrected chi connectivity index (χ1v) is 7.56. The number of non-ortho nitro benzene ring substituents is 1. The normalized spacial score (nSPS) is 10.5. The molecule has 0 atom stereocenters. The smallest absolute Gasteiger partial charge is 0.278 e. The second kappa shape index (κ2) is 6.74. The van der Waals surface area contributed by atoms with Crippen molar-refractivity contribution in [3.63, 3.8) is 0 Å². The van der Waals surface area contributed by atoms with Gasteiger partial charge in [-0.25, -0.2) is 4.68 Å². The zero-order chi connectivity index (χ0) is 18.0. The summed E-state index contributed by atoms with van der Waals surface area (Å²) in [6.07, 6.45) is 1.49. The molecule has 0 unspecified atom stereocenters. The Hall–Kier alpha value is -3.19. The molecule has 0 N–H and O–H groups in total. The summed E-state index contributed by atoms with van der Waals surface area (Å²) in [5, 5.41) is 15.7. The van der Waals surface area contributed by atoms with Gasteiger partial charge >= 0.3 is 0 Å². The minimum Gasteiger partial charge on any atom is -0.496 e. The Morgan fingerprint density at radius 2 is 1.92 bits per heavy atom. The maximum Gasteiger partial charge on any atom is 0.278 e. The third-order valence-electron chi connectivity index (χ3n) is 3.56. The molecule has 3 aromatic rings. The van der Waals surface area contributed by atoms with E-state index >= 15 is 0 Å². The summed E-state index contributed by atoms with van der Waals surface area (Å²) in [6, 6.07) is 12.2. The molecular formula is C17H12ClN3O4. The van der Waals surface area contributed by atoms with Gasteiger partial charge in [0.2, 0.25) is 0 Å². The molecule has 0 radical (unpaired) electrons. The van der Waals surface area contributed by atoms with E-state index in [1.165, 1.54) is 31.5 Å². The molecule has 0 amide bonds. The zero-order valence-corrected chi connectivity index (χ0v) is 13.8. The lowest BCUT2D eigenvalue weighted by atomic mass is 10.1. The minimum atomic E-state index is -0.501. The number of ether oxygens (including phenoxy) is 1. The van der Waals surface area contributed by atoms with Crippen LogP contribution < -0.4 is 4.74 Å². The van der Waals surface area contributed by atoms with Gasteiger partial charge in [0.05, 0.1) is 23.3 Å². The lowest BCUT2D eigenvalue weighted by molar-refractivity contribution is -0.384. The van der Waals surface area contributed by atoms with Crippen LogP contribution in [0.2, 0.25) is 5.02 Å². The second-order valence-electron chi connectivity index (χ2n) is 5.10. The molecule has 0 bridgehead atoms. The number of carbonyl (C=O) groups excluding carboxylic acids is 1. The van der Waals surface area contributed by atoms with Crippen LogP contribution in [0, 0.1) is 10.1 Å². The molecule has 0 aliphatic carbocycles. The monoisotopic (exact) mass is 357 g/mol. The number of nitro benzene ring substituents is 1. The Kier molecular flexibility index (Phi) is 4.49. The van der Waals surface area contributed by atoms with Crippen LogP contribution >= 0.6 is 11.6 Å². The van der Waals surface area contributed by atoms with E-state index in [2.05, 4.69) is 5.10 Å². The highest BCUT2D eigenvalue weighted by Gasteiger charge is 2.17. The van der Waals surface area contributed by atoms with Crippen molar-refractivity contribution in [2.24, 2.45) is 0 Å². The SMILES string of the molecule is COc1ccc([N+](=O)[O-])cc1-c1ccn(C(=O)c2ccc(Cl)cc2)n1. The molecule has 25 heavy (non-hydrogen) atoms. The number of halogens is 1. The van der Waals surface area contributed by atoms with E-state index in [9.17, 15) is 14.9 Å². The van der Waals surface area contributed by atoms with Crippen molar-refractivity contribution in [1.29, 1.82) is 0 Å². The maximum atomic E-state index is 12.4. The molecule has 0 aliphatic rings. The number of carbonyl (C=O) groups is 1. The Balaban J connectivity index is 1.98. The molecule has 0 aliphatic heterocycles. The van der Waals surface area contributed by atoms with Crippen LogP contribution in [0.5, 0.6) is 5.75 Å². The fourth-order valence-electron chi connectivity index (χ4n) is 2.32. The number of aromatic nitrogens is 2. The molecule has 1 heterocycles. The van der Waals surface area contributed by atoms with Gasteiger partial charge in [0.15, 0.2) is 0 Å². The van der Waals surface area contributed by atoms with Gasteiger partial charge in [-0.1, -0.05) is 11.6 Å². The van der Waals surface area contributed by atoms with Gasteiger partial charge in [-0.3, -0.25) is 14.9 Å². The molecule has 7 nitrogen and oxygen atoms in total. The molecule has 0 saturated carbocycles. The van der Waals surface area contributed by atoms with E-state index in [1.54, 1.807) is 30.3 Å². The Bertz CT molecular complexity index is 951. The van der Waals surface area contributed by atoms with E-state index in [0.717, 1.165) is 4.68 Å². The van der Waals surface area contributed by atoms with Gasteiger partial charge in [-0.15, -0.1) is 0 Å². The van der Waals surface area contributed by atoms with Crippen LogP contribution in [0.4, 0.5) is 5.69 Å². The Labute approximate surface area is 147 Å². The average Bonchev–Trinajstić information content (AvgIpc) is 3.11. The molecule has 0 saturated heterocycles. The van der Waals surface area contributed by atoms with Gasteiger partial charge in [0.1, 0.15) is 5.75 Å². The highest BCUT2D eigenvalue weighted by Crippen LogP contribution is 2.32. The summed E-state index contributed by atoms with van der Waals surface area (Å²) < 4.78 is 6.39. The predicted molar refractivity (Wildman–Crippen MR) is 92.0 cm³/mol. The number of nitro groups is 1. The highest BCUT2D eigenvalue weighted by molar-refractivity contribution is 6.30. The van der Waals surface area contributed by atoms with Crippen LogP contribution in [0.25, 0.3) is 11.3 Å². The van der Waals surface area contributed by atoms with E-state index < -0.39 is 4.92 Å².